The van der Waals surface area contributed by atoms with Gasteiger partial charge in [-0.3, -0.25) is 32.2 Å². The minimum atomic E-state index is -0.892. The van der Waals surface area contributed by atoms with Crippen LogP contribution in [-0.2, 0) is 34.0 Å². The number of nitrogens with one attached hydrogen (secondary N) is 1. The summed E-state index contributed by atoms with van der Waals surface area (Å²) in [5, 5.41) is 11.5. The van der Waals surface area contributed by atoms with Crippen LogP contribution in [0.5, 0.6) is 34.5 Å². The third kappa shape index (κ3) is 22.2. The van der Waals surface area contributed by atoms with Gasteiger partial charge in [0.15, 0.2) is 34.4 Å². The number of aromatic nitrogens is 12. The number of aliphatic carboxylic acids is 1. The molecule has 6 aromatic heterocycles. The van der Waals surface area contributed by atoms with Gasteiger partial charge in [0.1, 0.15) is 75.6 Å². The molecule has 0 atom stereocenters. The predicted molar refractivity (Wildman–Crippen MR) is 458 cm³/mol. The van der Waals surface area contributed by atoms with Crippen molar-refractivity contribution in [2.24, 2.45) is 17.8 Å². The maximum atomic E-state index is 13.7. The SMILES string of the molecule is CC(C)(C)OC(=O)N1CCC(Cn2c(=O)n(-c3ccc(Oc4ccccc4)cc3)c3c(N)ncnc32)CC1.CN(C)C/C=C/C(=O)N1CCC(Cn2c(=O)n(-c3ccc(Oc4ccccc4)cc3)c3c(N)ncnc32)CC1.CN(C)C/C=C/C(=O)O.Cl.Nc1ncnc2c1n(-c1ccc(Oc3ccccc3)cc1)c(=O)n2CC1CCNCC1. The number of hydrogen-bond donors (Lipinski definition) is 5. The molecular weight excluding hydrogens is 1520 g/mol. The number of rotatable bonds is 21. The molecule has 3 saturated heterocycles. The van der Waals surface area contributed by atoms with Crippen LogP contribution >= 0.6 is 12.4 Å². The van der Waals surface area contributed by atoms with Crippen molar-refractivity contribution < 1.29 is 38.4 Å². The molecule has 0 aliphatic carbocycles. The summed E-state index contributed by atoms with van der Waals surface area (Å²) in [6, 6.07) is 50.5. The predicted octanol–water partition coefficient (Wildman–Crippen LogP) is 11.5. The van der Waals surface area contributed by atoms with Crippen LogP contribution in [0.2, 0.25) is 0 Å². The number of amides is 2. The second-order valence-corrected chi connectivity index (χ2v) is 30.2. The monoisotopic (exact) mass is 1620 g/mol. The Morgan fingerprint density at radius 1 is 0.449 bits per heavy atom. The largest absolute Gasteiger partial charge is 0.478 e. The molecule has 0 spiro atoms. The molecule has 15 rings (SSSR count). The number of imidazole rings is 3. The van der Waals surface area contributed by atoms with Crippen LogP contribution in [0.1, 0.15) is 59.3 Å². The first-order valence-corrected chi connectivity index (χ1v) is 38.9. The van der Waals surface area contributed by atoms with Gasteiger partial charge in [-0.25, -0.2) is 53.9 Å². The Bertz CT molecular complexity index is 5590. The van der Waals surface area contributed by atoms with Gasteiger partial charge in [-0.2, -0.15) is 0 Å². The number of likely N-dealkylation sites (N-methyl/N-ethyl adjacent to an activating group) is 2. The van der Waals surface area contributed by atoms with E-state index in [4.69, 9.17) is 41.3 Å². The summed E-state index contributed by atoms with van der Waals surface area (Å²) in [4.78, 5) is 109. The standard InChI is InChI=1S/C29H33N7O3.C28H32N6O4.C23H24N6O2.C6H11NO2.ClH/c1-33(2)16-6-9-25(37)34-17-14-21(15-18-34)19-35-28-26(27(30)31-20-32-28)36(29(35)38)22-10-12-24(13-11-22)39-23-7-4-3-5-8-23;1-28(2,3)38-27(36)32-15-13-19(14-16-32)17-33-25-23(24(29)30-18-31-25)34(26(33)35)20-9-11-22(12-10-20)37-21-7-5-4-6-8-21;24-21-20-22(27-15-26-21)28(14-16-10-12-25-13-11-16)23(30)29(20)17-6-8-19(9-7-17)31-18-4-2-1-3-5-18;1-7(2)5-3-4-6(8)9;/h3-13,20-21H,14-19H2,1-2H3,(H2,30,31,32);4-12,18-19H,13-17H2,1-3H3,(H2,29,30,31);1-9,15-16,25H,10-14H2,(H2,24,26,27);3-4H,5H2,1-2H3,(H,8,9);1H/b9-6+;;;4-3+;. The summed E-state index contributed by atoms with van der Waals surface area (Å²) in [7, 11) is 7.69. The van der Waals surface area contributed by atoms with Gasteiger partial charge >= 0.3 is 29.1 Å². The molecule has 32 heteroatoms. The first-order chi connectivity index (χ1) is 56.4. The van der Waals surface area contributed by atoms with Crippen molar-refractivity contribution in [1.29, 1.82) is 0 Å². The van der Waals surface area contributed by atoms with Crippen LogP contribution in [-0.4, -0.2) is 186 Å². The molecule has 618 valence electrons. The normalized spacial score (nSPS) is 14.2. The Morgan fingerprint density at radius 3 is 1.07 bits per heavy atom. The van der Waals surface area contributed by atoms with E-state index in [1.165, 1.54) is 19.0 Å². The van der Waals surface area contributed by atoms with Gasteiger partial charge < -0.3 is 66.2 Å². The van der Waals surface area contributed by atoms with Crippen LogP contribution in [0.4, 0.5) is 22.2 Å². The lowest BCUT2D eigenvalue weighted by molar-refractivity contribution is -0.131. The molecule has 0 radical (unpaired) electrons. The summed E-state index contributed by atoms with van der Waals surface area (Å²) in [5.41, 5.74) is 22.6. The number of piperidine rings is 3. The van der Waals surface area contributed by atoms with E-state index in [1.54, 1.807) is 44.5 Å². The summed E-state index contributed by atoms with van der Waals surface area (Å²) in [6.45, 7) is 13.0. The third-order valence-corrected chi connectivity index (χ3v) is 19.9. The first kappa shape index (κ1) is 85.9. The number of halogens is 1. The number of hydrogen-bond acceptors (Lipinski definition) is 22. The average Bonchev–Trinajstić information content (AvgIpc) is 1.61. The van der Waals surface area contributed by atoms with Gasteiger partial charge in [-0.1, -0.05) is 66.7 Å². The molecule has 118 heavy (non-hydrogen) atoms. The van der Waals surface area contributed by atoms with Gasteiger partial charge in [0.2, 0.25) is 5.91 Å². The fraction of sp³-hybridized carbons (Fsp3) is 0.326. The van der Waals surface area contributed by atoms with Gasteiger partial charge in [0, 0.05) is 71.1 Å². The van der Waals surface area contributed by atoms with Gasteiger partial charge in [0.25, 0.3) is 0 Å². The lowest BCUT2D eigenvalue weighted by atomic mass is 9.96. The summed E-state index contributed by atoms with van der Waals surface area (Å²) in [5.74, 6) is 4.96. The zero-order valence-electron chi connectivity index (χ0n) is 67.2. The summed E-state index contributed by atoms with van der Waals surface area (Å²) >= 11 is 0. The van der Waals surface area contributed by atoms with Crippen LogP contribution in [0.15, 0.2) is 221 Å². The number of carbonyl (C=O) groups excluding carboxylic acids is 2. The van der Waals surface area contributed by atoms with E-state index in [1.807, 2.05) is 234 Å². The van der Waals surface area contributed by atoms with E-state index in [0.717, 1.165) is 81.5 Å². The van der Waals surface area contributed by atoms with E-state index >= 15 is 0 Å². The zero-order chi connectivity index (χ0) is 82.7. The third-order valence-electron chi connectivity index (χ3n) is 19.9. The minimum Gasteiger partial charge on any atom is -0.478 e. The number of nitrogen functional groups attached to an aromatic ring is 3. The Balaban J connectivity index is 0.000000165. The Kier molecular flexibility index (Phi) is 29.2. The number of nitrogens with zero attached hydrogens (tertiary/aromatic N) is 16. The van der Waals surface area contributed by atoms with Crippen molar-refractivity contribution in [2.75, 3.05) is 97.7 Å². The van der Waals surface area contributed by atoms with E-state index in [9.17, 15) is 28.8 Å². The Morgan fingerprint density at radius 2 is 0.754 bits per heavy atom. The van der Waals surface area contributed by atoms with Crippen LogP contribution < -0.4 is 53.8 Å². The quantitative estimate of drug-likeness (QED) is 0.0417. The number of carboxylic acids is 1. The number of carbonyl (C=O) groups is 3. The van der Waals surface area contributed by atoms with Crippen molar-refractivity contribution in [1.82, 2.24) is 82.2 Å². The highest BCUT2D eigenvalue weighted by atomic mass is 35.5. The molecule has 12 aromatic rings. The smallest absolute Gasteiger partial charge is 0.410 e. The second-order valence-electron chi connectivity index (χ2n) is 30.2. The molecule has 8 N–H and O–H groups in total. The molecule has 0 bridgehead atoms. The number of anilines is 3. The van der Waals surface area contributed by atoms with E-state index in [0.29, 0.717) is 126 Å². The molecule has 31 nitrogen and oxygen atoms in total. The van der Waals surface area contributed by atoms with Crippen LogP contribution in [0, 0.1) is 17.8 Å². The second kappa shape index (κ2) is 40.1. The van der Waals surface area contributed by atoms with Gasteiger partial charge in [-0.05, 0) is 228 Å². The van der Waals surface area contributed by atoms with Crippen molar-refractivity contribution >= 4 is 81.3 Å². The van der Waals surface area contributed by atoms with Gasteiger partial charge in [-0.15, -0.1) is 12.4 Å². The van der Waals surface area contributed by atoms with Crippen LogP contribution in [0.25, 0.3) is 50.6 Å². The fourth-order valence-corrected chi connectivity index (χ4v) is 14.0. The molecule has 0 unspecified atom stereocenters. The minimum absolute atomic E-state index is 0. The number of benzene rings is 6. The fourth-order valence-electron chi connectivity index (χ4n) is 14.0. The number of fused-ring (bicyclic) bond motifs is 3. The Hall–Kier alpha value is -13.0. The van der Waals surface area contributed by atoms with Crippen LogP contribution in [0.3, 0.4) is 0 Å². The topological polar surface area (TPSA) is 370 Å². The lowest BCUT2D eigenvalue weighted by Gasteiger charge is -2.33. The molecule has 9 heterocycles. The molecule has 3 fully saturated rings. The molecule has 3 aliphatic rings. The molecule has 0 saturated carbocycles. The maximum Gasteiger partial charge on any atom is 0.410 e. The first-order valence-electron chi connectivity index (χ1n) is 38.9. The highest BCUT2D eigenvalue weighted by Gasteiger charge is 2.31. The van der Waals surface area contributed by atoms with Crippen molar-refractivity contribution in [3.63, 3.8) is 0 Å². The molecular formula is C86H101ClN20O11. The highest BCUT2D eigenvalue weighted by Crippen LogP contribution is 2.32. The highest BCUT2D eigenvalue weighted by molar-refractivity contribution is 5.88. The summed E-state index contributed by atoms with van der Waals surface area (Å²) < 4.78 is 32.9. The molecule has 3 aliphatic heterocycles. The Labute approximate surface area is 688 Å². The zero-order valence-corrected chi connectivity index (χ0v) is 68.0. The number of ether oxygens (including phenoxy) is 4. The molecule has 6 aromatic carbocycles. The van der Waals surface area contributed by atoms with Crippen molar-refractivity contribution in [3.8, 4) is 51.6 Å². The van der Waals surface area contributed by atoms with Crippen molar-refractivity contribution in [2.45, 2.75) is 84.5 Å². The van der Waals surface area contributed by atoms with E-state index in [2.05, 4.69) is 35.2 Å². The average molecular weight is 1630 g/mol. The number of likely N-dealkylation sites (tertiary alicyclic amines) is 2. The lowest BCUT2D eigenvalue weighted by Crippen LogP contribution is -2.42. The maximum absolute atomic E-state index is 13.7. The van der Waals surface area contributed by atoms with E-state index in [-0.39, 0.29) is 70.8 Å². The number of nitrogens with two attached hydrogens (primary N) is 3. The summed E-state index contributed by atoms with van der Waals surface area (Å²) in [6.07, 6.45) is 15.3. The number of para-hydroxylation sites is 3. The molecule has 2 amide bonds. The van der Waals surface area contributed by atoms with Crippen molar-refractivity contribution in [3.05, 3.63) is 239 Å². The van der Waals surface area contributed by atoms with Gasteiger partial charge in [0.05, 0.1) is 17.1 Å². The number of carboxylic acid groups (broad SMARTS) is 1. The van der Waals surface area contributed by atoms with E-state index < -0.39 is 11.6 Å².